The number of rotatable bonds is 18. The second kappa shape index (κ2) is 17.4. The van der Waals surface area contributed by atoms with Crippen LogP contribution in [0.5, 0.6) is 0 Å². The predicted molar refractivity (Wildman–Crippen MR) is 107 cm³/mol. The Bertz CT molecular complexity index is 667. The summed E-state index contributed by atoms with van der Waals surface area (Å²) >= 11 is 0. The summed E-state index contributed by atoms with van der Waals surface area (Å²) in [5.41, 5.74) is 0. The molecular weight excluding hydrogens is 471 g/mol. The molecule has 0 spiro atoms. The fourth-order valence-electron chi connectivity index (χ4n) is 2.02. The first kappa shape index (κ1) is 30.9. The van der Waals surface area contributed by atoms with Crippen LogP contribution in [0.15, 0.2) is 0 Å². The van der Waals surface area contributed by atoms with E-state index < -0.39 is 70.3 Å². The van der Waals surface area contributed by atoms with Crippen LogP contribution in [0.2, 0.25) is 0 Å². The predicted octanol–water partition coefficient (Wildman–Crippen LogP) is -0.385. The van der Waals surface area contributed by atoms with Crippen LogP contribution in [0.25, 0.3) is 0 Å². The molecule has 0 amide bonds. The summed E-state index contributed by atoms with van der Waals surface area (Å²) in [7, 11) is -4.76. The molecule has 15 heteroatoms. The zero-order chi connectivity index (χ0) is 25.3. The first-order valence-electron chi connectivity index (χ1n) is 9.98. The van der Waals surface area contributed by atoms with E-state index in [0.717, 1.165) is 13.8 Å². The molecule has 0 heterocycles. The highest BCUT2D eigenvalue weighted by molar-refractivity contribution is 7.47. The number of hydrogen-bond acceptors (Lipinski definition) is 13. The summed E-state index contributed by atoms with van der Waals surface area (Å²) < 4.78 is 41.1. The summed E-state index contributed by atoms with van der Waals surface area (Å²) in [6.07, 6.45) is -2.43. The number of aliphatic hydroxyl groups excluding tert-OH is 2. The standard InChI is InChI=1S/C18H31O14P/c1-13(21)27-9-15(31-14(2)22)11-29-33(25,26)30-12-16(32-18(24)6-4-8-20)10-28-17(23)5-3-7-19/h15-16,19-20H,3-12H2,1-2H3,(H,25,26)/t15-,16?/m1/s1. The Hall–Kier alpha value is -2.09. The Morgan fingerprint density at radius 2 is 1.21 bits per heavy atom. The summed E-state index contributed by atoms with van der Waals surface area (Å²) in [6.45, 7) is -0.581. The Kier molecular flexibility index (Phi) is 16.3. The quantitative estimate of drug-likeness (QED) is 0.124. The number of phosphoric ester groups is 1. The lowest BCUT2D eigenvalue weighted by Gasteiger charge is -2.21. The molecule has 0 bridgehead atoms. The van der Waals surface area contributed by atoms with Gasteiger partial charge in [-0.05, 0) is 12.8 Å². The summed E-state index contributed by atoms with van der Waals surface area (Å²) in [5, 5.41) is 17.5. The van der Waals surface area contributed by atoms with Gasteiger partial charge in [-0.15, -0.1) is 0 Å². The smallest absolute Gasteiger partial charge is 0.462 e. The second-order valence-electron chi connectivity index (χ2n) is 6.54. The SMILES string of the molecule is CC(=O)OC[C@H](COP(=O)(O)OCC(COC(=O)CCCO)OC(=O)CCCO)OC(C)=O. The molecule has 0 saturated carbocycles. The number of esters is 4. The van der Waals surface area contributed by atoms with Gasteiger partial charge in [0.05, 0.1) is 13.2 Å². The molecule has 0 aliphatic carbocycles. The van der Waals surface area contributed by atoms with E-state index in [1.54, 1.807) is 0 Å². The van der Waals surface area contributed by atoms with E-state index in [1.165, 1.54) is 0 Å². The van der Waals surface area contributed by atoms with Gasteiger partial charge in [-0.25, -0.2) is 4.57 Å². The molecule has 0 aromatic rings. The molecule has 33 heavy (non-hydrogen) atoms. The van der Waals surface area contributed by atoms with Gasteiger partial charge < -0.3 is 34.1 Å². The fraction of sp³-hybridized carbons (Fsp3) is 0.778. The Labute approximate surface area is 190 Å². The minimum Gasteiger partial charge on any atom is -0.462 e. The molecule has 0 rings (SSSR count). The number of hydrogen-bond donors (Lipinski definition) is 3. The lowest BCUT2D eigenvalue weighted by Crippen LogP contribution is -2.30. The van der Waals surface area contributed by atoms with Crippen molar-refractivity contribution >= 4 is 31.7 Å². The highest BCUT2D eigenvalue weighted by Gasteiger charge is 2.28. The maximum absolute atomic E-state index is 12.1. The van der Waals surface area contributed by atoms with E-state index in [4.69, 9.17) is 33.5 Å². The maximum Gasteiger partial charge on any atom is 0.472 e. The Morgan fingerprint density at radius 1 is 0.727 bits per heavy atom. The topological polar surface area (TPSA) is 201 Å². The highest BCUT2D eigenvalue weighted by atomic mass is 31.2. The third kappa shape index (κ3) is 18.1. The van der Waals surface area contributed by atoms with Crippen molar-refractivity contribution < 1.29 is 66.8 Å². The molecule has 0 aliphatic rings. The first-order valence-corrected chi connectivity index (χ1v) is 11.5. The lowest BCUT2D eigenvalue weighted by molar-refractivity contribution is -0.161. The average molecular weight is 502 g/mol. The summed E-state index contributed by atoms with van der Waals surface area (Å²) in [4.78, 5) is 55.2. The van der Waals surface area contributed by atoms with Crippen LogP contribution in [-0.4, -0.2) is 90.8 Å². The molecule has 3 atom stereocenters. The number of carbonyl (C=O) groups is 4. The monoisotopic (exact) mass is 502 g/mol. The molecule has 14 nitrogen and oxygen atoms in total. The third-order valence-corrected chi connectivity index (χ3v) is 4.41. The number of aliphatic hydroxyl groups is 2. The number of carbonyl (C=O) groups excluding carboxylic acids is 4. The van der Waals surface area contributed by atoms with E-state index in [2.05, 4.69) is 4.74 Å². The van der Waals surface area contributed by atoms with Crippen LogP contribution in [0.3, 0.4) is 0 Å². The largest absolute Gasteiger partial charge is 0.472 e. The van der Waals surface area contributed by atoms with Crippen LogP contribution in [0.1, 0.15) is 39.5 Å². The maximum atomic E-state index is 12.1. The van der Waals surface area contributed by atoms with E-state index >= 15 is 0 Å². The molecule has 0 saturated heterocycles. The zero-order valence-electron chi connectivity index (χ0n) is 18.5. The zero-order valence-corrected chi connectivity index (χ0v) is 19.4. The molecule has 2 unspecified atom stereocenters. The van der Waals surface area contributed by atoms with Crippen molar-refractivity contribution in [3.05, 3.63) is 0 Å². The van der Waals surface area contributed by atoms with E-state index in [-0.39, 0.29) is 38.9 Å². The molecule has 0 aromatic heterocycles. The molecular formula is C18H31O14P. The number of phosphoric acid groups is 1. The van der Waals surface area contributed by atoms with Gasteiger partial charge in [0.1, 0.15) is 13.2 Å². The van der Waals surface area contributed by atoms with Crippen molar-refractivity contribution in [1.82, 2.24) is 0 Å². The van der Waals surface area contributed by atoms with Gasteiger partial charge in [0.2, 0.25) is 0 Å². The van der Waals surface area contributed by atoms with Crippen molar-refractivity contribution in [1.29, 1.82) is 0 Å². The van der Waals surface area contributed by atoms with Gasteiger partial charge in [-0.2, -0.15) is 0 Å². The fourth-order valence-corrected chi connectivity index (χ4v) is 2.80. The van der Waals surface area contributed by atoms with E-state index in [0.29, 0.717) is 0 Å². The van der Waals surface area contributed by atoms with Crippen molar-refractivity contribution in [2.24, 2.45) is 0 Å². The molecule has 0 fully saturated rings. The molecule has 192 valence electrons. The van der Waals surface area contributed by atoms with Crippen LogP contribution in [0, 0.1) is 0 Å². The molecule has 0 aromatic carbocycles. The van der Waals surface area contributed by atoms with E-state index in [1.807, 2.05) is 0 Å². The third-order valence-electron chi connectivity index (χ3n) is 3.46. The normalized spacial score (nSPS) is 14.5. The Balaban J connectivity index is 4.87. The van der Waals surface area contributed by atoms with Gasteiger partial charge in [0, 0.05) is 39.9 Å². The van der Waals surface area contributed by atoms with Gasteiger partial charge in [0.15, 0.2) is 12.2 Å². The van der Waals surface area contributed by atoms with Crippen molar-refractivity contribution in [3.63, 3.8) is 0 Å². The second-order valence-corrected chi connectivity index (χ2v) is 8.00. The molecule has 0 aliphatic heterocycles. The summed E-state index contributed by atoms with van der Waals surface area (Å²) in [5.74, 6) is -2.88. The van der Waals surface area contributed by atoms with Gasteiger partial charge in [-0.3, -0.25) is 28.2 Å². The molecule has 0 radical (unpaired) electrons. The van der Waals surface area contributed by atoms with Crippen LogP contribution >= 0.6 is 7.82 Å². The van der Waals surface area contributed by atoms with Crippen LogP contribution in [0.4, 0.5) is 0 Å². The minimum absolute atomic E-state index is 0.0932. The van der Waals surface area contributed by atoms with Crippen molar-refractivity contribution in [2.45, 2.75) is 51.7 Å². The molecule has 3 N–H and O–H groups in total. The average Bonchev–Trinajstić information content (AvgIpc) is 2.74. The first-order chi connectivity index (χ1) is 15.5. The van der Waals surface area contributed by atoms with Crippen molar-refractivity contribution in [3.8, 4) is 0 Å². The minimum atomic E-state index is -4.76. The number of ether oxygens (including phenoxy) is 4. The van der Waals surface area contributed by atoms with Gasteiger partial charge in [-0.1, -0.05) is 0 Å². The van der Waals surface area contributed by atoms with Crippen LogP contribution < -0.4 is 0 Å². The highest BCUT2D eigenvalue weighted by Crippen LogP contribution is 2.43. The van der Waals surface area contributed by atoms with Crippen LogP contribution in [-0.2, 0) is 51.7 Å². The van der Waals surface area contributed by atoms with E-state index in [9.17, 15) is 28.6 Å². The van der Waals surface area contributed by atoms with Gasteiger partial charge in [0.25, 0.3) is 0 Å². The summed E-state index contributed by atoms with van der Waals surface area (Å²) in [6, 6.07) is 0. The van der Waals surface area contributed by atoms with Crippen molar-refractivity contribution in [2.75, 3.05) is 39.6 Å². The Morgan fingerprint density at radius 3 is 1.70 bits per heavy atom. The van der Waals surface area contributed by atoms with Gasteiger partial charge >= 0.3 is 31.7 Å². The lowest BCUT2D eigenvalue weighted by atomic mass is 10.3.